The van der Waals surface area contributed by atoms with Crippen LogP contribution in [-0.4, -0.2) is 45.2 Å². The lowest BCUT2D eigenvalue weighted by atomic mass is 9.82. The molecule has 4 nitrogen and oxygen atoms in total. The Hall–Kier alpha value is -0.160. The molecule has 0 bridgehead atoms. The summed E-state index contributed by atoms with van der Waals surface area (Å²) in [5, 5.41) is 22.2. The molecule has 1 unspecified atom stereocenters. The monoisotopic (exact) mass is 244 g/mol. The van der Waals surface area contributed by atoms with Crippen molar-refractivity contribution in [3.05, 3.63) is 0 Å². The fourth-order valence-electron chi connectivity index (χ4n) is 2.22. The van der Waals surface area contributed by atoms with Gasteiger partial charge in [0.1, 0.15) is 0 Å². The third-order valence-corrected chi connectivity index (χ3v) is 4.33. The Morgan fingerprint density at radius 3 is 2.47 bits per heavy atom. The summed E-state index contributed by atoms with van der Waals surface area (Å²) >= 11 is 0. The summed E-state index contributed by atoms with van der Waals surface area (Å²) in [5.41, 5.74) is -0.271. The maximum Gasteiger partial charge on any atom is 0.0404 e. The summed E-state index contributed by atoms with van der Waals surface area (Å²) < 4.78 is 0. The molecule has 1 heterocycles. The first-order valence-corrected chi connectivity index (χ1v) is 6.54. The molecule has 1 rings (SSSR count). The van der Waals surface area contributed by atoms with Gasteiger partial charge < -0.3 is 10.4 Å². The molecule has 0 aromatic heterocycles. The zero-order valence-corrected chi connectivity index (χ0v) is 11.9. The molecule has 0 aliphatic carbocycles. The first-order chi connectivity index (χ1) is 7.65. The van der Waals surface area contributed by atoms with E-state index in [9.17, 15) is 10.4 Å². The van der Waals surface area contributed by atoms with E-state index in [4.69, 9.17) is 0 Å². The standard InChI is InChI=1S/C13H28N2O2/c1-12(2,14(5)16)8-6-11-7-9-13(3,4)15(17)10-11/h11,16-17H,6-10H2,1-5H3. The highest BCUT2D eigenvalue weighted by atomic mass is 16.5. The third-order valence-electron chi connectivity index (χ3n) is 4.33. The van der Waals surface area contributed by atoms with Gasteiger partial charge in [0.2, 0.25) is 0 Å². The van der Waals surface area contributed by atoms with Crippen molar-refractivity contribution >= 4 is 0 Å². The topological polar surface area (TPSA) is 46.9 Å². The predicted molar refractivity (Wildman–Crippen MR) is 68.2 cm³/mol. The van der Waals surface area contributed by atoms with Crippen LogP contribution in [0.15, 0.2) is 0 Å². The van der Waals surface area contributed by atoms with E-state index in [1.807, 2.05) is 13.8 Å². The molecular formula is C13H28N2O2. The van der Waals surface area contributed by atoms with Gasteiger partial charge >= 0.3 is 0 Å². The minimum absolute atomic E-state index is 0.0835. The number of hydrogen-bond donors (Lipinski definition) is 2. The third kappa shape index (κ3) is 3.91. The highest BCUT2D eigenvalue weighted by Gasteiger charge is 2.34. The molecule has 0 aromatic rings. The van der Waals surface area contributed by atoms with Crippen LogP contribution in [0.5, 0.6) is 0 Å². The highest BCUT2D eigenvalue weighted by molar-refractivity contribution is 4.86. The Kier molecular flexibility index (Phi) is 4.58. The van der Waals surface area contributed by atoms with Crippen LogP contribution in [0.25, 0.3) is 0 Å². The maximum atomic E-state index is 9.92. The van der Waals surface area contributed by atoms with E-state index in [0.717, 1.165) is 32.2 Å². The molecule has 102 valence electrons. The van der Waals surface area contributed by atoms with Gasteiger partial charge in [-0.25, -0.2) is 0 Å². The molecule has 0 amide bonds. The molecule has 1 fully saturated rings. The Morgan fingerprint density at radius 1 is 1.41 bits per heavy atom. The van der Waals surface area contributed by atoms with Gasteiger partial charge in [-0.3, -0.25) is 0 Å². The minimum Gasteiger partial charge on any atom is -0.314 e. The fraction of sp³-hybridized carbons (Fsp3) is 1.00. The molecule has 4 heteroatoms. The molecule has 0 spiro atoms. The highest BCUT2D eigenvalue weighted by Crippen LogP contribution is 2.32. The molecule has 17 heavy (non-hydrogen) atoms. The summed E-state index contributed by atoms with van der Waals surface area (Å²) in [4.78, 5) is 0. The molecule has 1 aliphatic rings. The lowest BCUT2D eigenvalue weighted by Crippen LogP contribution is -2.48. The first-order valence-electron chi connectivity index (χ1n) is 6.54. The van der Waals surface area contributed by atoms with Gasteiger partial charge in [0, 0.05) is 24.7 Å². The average molecular weight is 244 g/mol. The van der Waals surface area contributed by atoms with Crippen molar-refractivity contribution in [1.82, 2.24) is 10.1 Å². The lowest BCUT2D eigenvalue weighted by molar-refractivity contribution is -0.192. The molecule has 1 saturated heterocycles. The number of hydrogen-bond acceptors (Lipinski definition) is 4. The van der Waals surface area contributed by atoms with Crippen LogP contribution in [-0.2, 0) is 0 Å². The van der Waals surface area contributed by atoms with E-state index in [1.165, 1.54) is 10.1 Å². The van der Waals surface area contributed by atoms with E-state index >= 15 is 0 Å². The summed E-state index contributed by atoms with van der Waals surface area (Å²) in [6.07, 6.45) is 4.18. The number of rotatable bonds is 4. The Balaban J connectivity index is 2.40. The second-order valence-electron chi connectivity index (χ2n) is 6.67. The van der Waals surface area contributed by atoms with Gasteiger partial charge in [0.15, 0.2) is 0 Å². The summed E-state index contributed by atoms with van der Waals surface area (Å²) in [6, 6.07) is 0. The Labute approximate surface area is 105 Å². The molecule has 0 saturated carbocycles. The van der Waals surface area contributed by atoms with Gasteiger partial charge in [-0.1, -0.05) is 0 Å². The normalized spacial score (nSPS) is 26.5. The number of nitrogens with zero attached hydrogens (tertiary/aromatic N) is 2. The van der Waals surface area contributed by atoms with Crippen molar-refractivity contribution in [2.45, 2.75) is 64.5 Å². The molecule has 1 atom stereocenters. The van der Waals surface area contributed by atoms with E-state index in [-0.39, 0.29) is 11.1 Å². The summed E-state index contributed by atoms with van der Waals surface area (Å²) in [6.45, 7) is 8.98. The van der Waals surface area contributed by atoms with Crippen LogP contribution in [0, 0.1) is 5.92 Å². The zero-order valence-electron chi connectivity index (χ0n) is 11.9. The molecule has 2 N–H and O–H groups in total. The summed E-state index contributed by atoms with van der Waals surface area (Å²) in [5.74, 6) is 0.534. The fourth-order valence-corrected chi connectivity index (χ4v) is 2.22. The van der Waals surface area contributed by atoms with Crippen LogP contribution in [0.3, 0.4) is 0 Å². The van der Waals surface area contributed by atoms with Crippen molar-refractivity contribution in [2.75, 3.05) is 13.6 Å². The van der Waals surface area contributed by atoms with Gasteiger partial charge in [-0.05, 0) is 59.3 Å². The summed E-state index contributed by atoms with van der Waals surface area (Å²) in [7, 11) is 1.70. The van der Waals surface area contributed by atoms with Crippen molar-refractivity contribution < 1.29 is 10.4 Å². The second-order valence-corrected chi connectivity index (χ2v) is 6.67. The van der Waals surface area contributed by atoms with E-state index in [1.54, 1.807) is 7.05 Å². The quantitative estimate of drug-likeness (QED) is 0.747. The predicted octanol–water partition coefficient (Wildman–Crippen LogP) is 2.75. The Morgan fingerprint density at radius 2 is 2.00 bits per heavy atom. The SMILES string of the molecule is CN(O)C(C)(C)CCC1CCC(C)(C)N(O)C1. The van der Waals surface area contributed by atoms with Crippen molar-refractivity contribution in [3.8, 4) is 0 Å². The van der Waals surface area contributed by atoms with Gasteiger partial charge in [0.05, 0.1) is 0 Å². The van der Waals surface area contributed by atoms with Crippen LogP contribution >= 0.6 is 0 Å². The second kappa shape index (κ2) is 5.22. The van der Waals surface area contributed by atoms with Crippen LogP contribution in [0.1, 0.15) is 53.4 Å². The molecule has 0 radical (unpaired) electrons. The minimum atomic E-state index is -0.187. The van der Waals surface area contributed by atoms with Gasteiger partial charge in [-0.15, -0.1) is 0 Å². The van der Waals surface area contributed by atoms with Crippen LogP contribution in [0.2, 0.25) is 0 Å². The van der Waals surface area contributed by atoms with Gasteiger partial charge in [-0.2, -0.15) is 10.1 Å². The molecular weight excluding hydrogens is 216 g/mol. The van der Waals surface area contributed by atoms with Crippen molar-refractivity contribution in [1.29, 1.82) is 0 Å². The lowest BCUT2D eigenvalue weighted by Gasteiger charge is -2.42. The van der Waals surface area contributed by atoms with E-state index in [0.29, 0.717) is 5.92 Å². The van der Waals surface area contributed by atoms with Gasteiger partial charge in [0.25, 0.3) is 0 Å². The first kappa shape index (κ1) is 14.9. The maximum absolute atomic E-state index is 9.92. The zero-order chi connectivity index (χ0) is 13.3. The average Bonchev–Trinajstić information content (AvgIpc) is 2.20. The Bertz CT molecular complexity index is 252. The van der Waals surface area contributed by atoms with E-state index in [2.05, 4.69) is 13.8 Å². The molecule has 0 aromatic carbocycles. The molecule has 1 aliphatic heterocycles. The smallest absolute Gasteiger partial charge is 0.0404 e. The van der Waals surface area contributed by atoms with Crippen LogP contribution in [0.4, 0.5) is 0 Å². The van der Waals surface area contributed by atoms with Crippen molar-refractivity contribution in [3.63, 3.8) is 0 Å². The largest absolute Gasteiger partial charge is 0.314 e. The van der Waals surface area contributed by atoms with E-state index < -0.39 is 0 Å². The van der Waals surface area contributed by atoms with Crippen LogP contribution < -0.4 is 0 Å². The van der Waals surface area contributed by atoms with Crippen molar-refractivity contribution in [2.24, 2.45) is 5.92 Å². The number of hydroxylamine groups is 4. The number of piperidine rings is 1.